The third-order valence-corrected chi connectivity index (χ3v) is 7.31. The molecule has 1 fully saturated rings. The van der Waals surface area contributed by atoms with E-state index in [1.54, 1.807) is 6.20 Å². The van der Waals surface area contributed by atoms with Crippen molar-refractivity contribution >= 4 is 16.9 Å². The SMILES string of the molecule is Cc1cc(C(=O)N2CCc3cc(-c4cnc5[nH]cc(C)c5c4)cc(C4CCCN4)c3C2)ccn1. The minimum atomic E-state index is 0.0862. The Hall–Kier alpha value is -3.51. The van der Waals surface area contributed by atoms with Crippen molar-refractivity contribution in [3.8, 4) is 11.1 Å². The Morgan fingerprint density at radius 3 is 2.85 bits per heavy atom. The van der Waals surface area contributed by atoms with Crippen LogP contribution in [0.4, 0.5) is 0 Å². The number of carbonyl (C=O) groups is 1. The molecule has 1 atom stereocenters. The highest BCUT2D eigenvalue weighted by molar-refractivity contribution is 5.94. The largest absolute Gasteiger partial charge is 0.346 e. The van der Waals surface area contributed by atoms with Crippen LogP contribution < -0.4 is 5.32 Å². The lowest BCUT2D eigenvalue weighted by molar-refractivity contribution is 0.0733. The highest BCUT2D eigenvalue weighted by Crippen LogP contribution is 2.36. The number of aryl methyl sites for hydroxylation is 2. The Bertz CT molecular complexity index is 1400. The van der Waals surface area contributed by atoms with Crippen LogP contribution >= 0.6 is 0 Å². The van der Waals surface area contributed by atoms with Crippen molar-refractivity contribution in [2.75, 3.05) is 13.1 Å². The van der Waals surface area contributed by atoms with Gasteiger partial charge in [-0.05, 0) is 91.7 Å². The molecule has 6 heteroatoms. The van der Waals surface area contributed by atoms with Gasteiger partial charge in [0.05, 0.1) is 0 Å². The molecule has 0 bridgehead atoms. The van der Waals surface area contributed by atoms with Gasteiger partial charge in [0.25, 0.3) is 5.91 Å². The van der Waals surface area contributed by atoms with Gasteiger partial charge >= 0.3 is 0 Å². The summed E-state index contributed by atoms with van der Waals surface area (Å²) in [6.07, 6.45) is 8.86. The molecule has 0 aliphatic carbocycles. The second-order valence-corrected chi connectivity index (χ2v) is 9.61. The minimum Gasteiger partial charge on any atom is -0.346 e. The summed E-state index contributed by atoms with van der Waals surface area (Å²) >= 11 is 0. The molecule has 3 aromatic heterocycles. The summed E-state index contributed by atoms with van der Waals surface area (Å²) in [5.41, 5.74) is 10.1. The number of H-pyrrole nitrogens is 1. The number of hydrogen-bond acceptors (Lipinski definition) is 4. The summed E-state index contributed by atoms with van der Waals surface area (Å²) in [7, 11) is 0. The fourth-order valence-electron chi connectivity index (χ4n) is 5.45. The Labute approximate surface area is 199 Å². The molecule has 5 heterocycles. The molecule has 6 nitrogen and oxygen atoms in total. The molecule has 172 valence electrons. The standard InChI is InChI=1S/C28H29N5O/c1-17-14-31-27-23(17)13-22(15-32-27)21-11-19-6-9-33(28(34)20-5-8-29-18(2)10-20)16-25(19)24(12-21)26-4-3-7-30-26/h5,8,10-15,26,30H,3-4,6-7,9,16H2,1-2H3,(H,31,32). The van der Waals surface area contributed by atoms with Crippen molar-refractivity contribution in [2.24, 2.45) is 0 Å². The van der Waals surface area contributed by atoms with E-state index in [1.165, 1.54) is 39.6 Å². The number of benzene rings is 1. The average molecular weight is 452 g/mol. The summed E-state index contributed by atoms with van der Waals surface area (Å²) < 4.78 is 0. The van der Waals surface area contributed by atoms with Gasteiger partial charge in [0.15, 0.2) is 0 Å². The number of carbonyl (C=O) groups excluding carboxylic acids is 1. The number of rotatable bonds is 3. The maximum atomic E-state index is 13.3. The van der Waals surface area contributed by atoms with Gasteiger partial charge in [-0.15, -0.1) is 0 Å². The highest BCUT2D eigenvalue weighted by Gasteiger charge is 2.28. The third-order valence-electron chi connectivity index (χ3n) is 7.31. The number of hydrogen-bond donors (Lipinski definition) is 2. The van der Waals surface area contributed by atoms with E-state index in [1.807, 2.05) is 36.4 Å². The number of aromatic nitrogens is 3. The smallest absolute Gasteiger partial charge is 0.254 e. The van der Waals surface area contributed by atoms with Crippen LogP contribution in [-0.4, -0.2) is 38.8 Å². The zero-order valence-corrected chi connectivity index (χ0v) is 19.7. The van der Waals surface area contributed by atoms with Crippen molar-refractivity contribution in [2.45, 2.75) is 45.7 Å². The molecule has 1 aromatic carbocycles. The maximum Gasteiger partial charge on any atom is 0.254 e. The first-order valence-electron chi connectivity index (χ1n) is 12.1. The highest BCUT2D eigenvalue weighted by atomic mass is 16.2. The molecular formula is C28H29N5O. The monoisotopic (exact) mass is 451 g/mol. The molecule has 6 rings (SSSR count). The number of aromatic amines is 1. The molecule has 0 radical (unpaired) electrons. The molecule has 2 aliphatic rings. The van der Waals surface area contributed by atoms with Crippen molar-refractivity contribution in [3.05, 3.63) is 82.4 Å². The quantitative estimate of drug-likeness (QED) is 0.466. The topological polar surface area (TPSA) is 73.9 Å². The Balaban J connectivity index is 1.40. The molecule has 2 aliphatic heterocycles. The lowest BCUT2D eigenvalue weighted by Crippen LogP contribution is -2.37. The normalized spacial score (nSPS) is 17.8. The van der Waals surface area contributed by atoms with Crippen LogP contribution in [0.15, 0.2) is 48.9 Å². The first-order chi connectivity index (χ1) is 16.6. The number of amides is 1. The van der Waals surface area contributed by atoms with E-state index in [9.17, 15) is 4.79 Å². The molecular weight excluding hydrogens is 422 g/mol. The number of nitrogens with zero attached hydrogens (tertiary/aromatic N) is 3. The predicted octanol–water partition coefficient (Wildman–Crippen LogP) is 4.86. The van der Waals surface area contributed by atoms with Crippen LogP contribution in [-0.2, 0) is 13.0 Å². The number of pyridine rings is 2. The maximum absolute atomic E-state index is 13.3. The van der Waals surface area contributed by atoms with Crippen molar-refractivity contribution in [3.63, 3.8) is 0 Å². The second-order valence-electron chi connectivity index (χ2n) is 9.61. The Morgan fingerprint density at radius 2 is 2.03 bits per heavy atom. The van der Waals surface area contributed by atoms with Gasteiger partial charge in [-0.2, -0.15) is 0 Å². The summed E-state index contributed by atoms with van der Waals surface area (Å²) in [5, 5.41) is 4.85. The lowest BCUT2D eigenvalue weighted by atomic mass is 9.87. The summed E-state index contributed by atoms with van der Waals surface area (Å²) in [5.74, 6) is 0.0862. The summed E-state index contributed by atoms with van der Waals surface area (Å²) in [6.45, 7) is 6.45. The van der Waals surface area contributed by atoms with Crippen LogP contribution in [0.5, 0.6) is 0 Å². The summed E-state index contributed by atoms with van der Waals surface area (Å²) in [6, 6.07) is 10.9. The van der Waals surface area contributed by atoms with Crippen LogP contribution in [0, 0.1) is 13.8 Å². The first-order valence-corrected chi connectivity index (χ1v) is 12.1. The van der Waals surface area contributed by atoms with E-state index in [-0.39, 0.29) is 5.91 Å². The molecule has 4 aromatic rings. The van der Waals surface area contributed by atoms with E-state index in [0.717, 1.165) is 48.4 Å². The van der Waals surface area contributed by atoms with Gasteiger partial charge in [0, 0.05) is 59.9 Å². The number of fused-ring (bicyclic) bond motifs is 2. The van der Waals surface area contributed by atoms with E-state index < -0.39 is 0 Å². The van der Waals surface area contributed by atoms with E-state index in [4.69, 9.17) is 0 Å². The fourth-order valence-corrected chi connectivity index (χ4v) is 5.45. The molecule has 2 N–H and O–H groups in total. The fraction of sp³-hybridized carbons (Fsp3) is 0.321. The second kappa shape index (κ2) is 8.37. The third kappa shape index (κ3) is 3.68. The van der Waals surface area contributed by atoms with Crippen molar-refractivity contribution < 1.29 is 4.79 Å². The zero-order valence-electron chi connectivity index (χ0n) is 19.7. The van der Waals surface area contributed by atoms with Crippen LogP contribution in [0.2, 0.25) is 0 Å². The van der Waals surface area contributed by atoms with Crippen LogP contribution in [0.1, 0.15) is 57.2 Å². The predicted molar refractivity (Wildman–Crippen MR) is 134 cm³/mol. The van der Waals surface area contributed by atoms with Crippen molar-refractivity contribution in [1.82, 2.24) is 25.2 Å². The Morgan fingerprint density at radius 1 is 1.12 bits per heavy atom. The van der Waals surface area contributed by atoms with Crippen LogP contribution in [0.3, 0.4) is 0 Å². The van der Waals surface area contributed by atoms with Gasteiger partial charge in [0.1, 0.15) is 5.65 Å². The minimum absolute atomic E-state index is 0.0862. The average Bonchev–Trinajstić information content (AvgIpc) is 3.53. The molecule has 1 unspecified atom stereocenters. The molecule has 34 heavy (non-hydrogen) atoms. The van der Waals surface area contributed by atoms with Gasteiger partial charge < -0.3 is 15.2 Å². The summed E-state index contributed by atoms with van der Waals surface area (Å²) in [4.78, 5) is 27.4. The molecule has 0 saturated carbocycles. The number of nitrogens with one attached hydrogen (secondary N) is 2. The van der Waals surface area contributed by atoms with E-state index >= 15 is 0 Å². The van der Waals surface area contributed by atoms with Gasteiger partial charge in [0.2, 0.25) is 0 Å². The Kier molecular flexibility index (Phi) is 5.18. The van der Waals surface area contributed by atoms with Crippen molar-refractivity contribution in [1.29, 1.82) is 0 Å². The van der Waals surface area contributed by atoms with E-state index in [0.29, 0.717) is 12.6 Å². The molecule has 1 saturated heterocycles. The molecule has 1 amide bonds. The lowest BCUT2D eigenvalue weighted by Gasteiger charge is -2.32. The van der Waals surface area contributed by atoms with Gasteiger partial charge in [-0.1, -0.05) is 6.07 Å². The van der Waals surface area contributed by atoms with E-state index in [2.05, 4.69) is 45.4 Å². The van der Waals surface area contributed by atoms with Crippen LogP contribution in [0.25, 0.3) is 22.2 Å². The van der Waals surface area contributed by atoms with Gasteiger partial charge in [-0.3, -0.25) is 9.78 Å². The zero-order chi connectivity index (χ0) is 23.2. The molecule has 0 spiro atoms. The van der Waals surface area contributed by atoms with Gasteiger partial charge in [-0.25, -0.2) is 4.98 Å². The first kappa shape index (κ1) is 21.1.